The lowest BCUT2D eigenvalue weighted by molar-refractivity contribution is -0.870. The van der Waals surface area contributed by atoms with E-state index in [1.807, 2.05) is 21.1 Å². The number of rotatable bonds is 66. The molecule has 0 rings (SSSR count). The molecule has 492 valence electrons. The van der Waals surface area contributed by atoms with Crippen LogP contribution in [0.15, 0.2) is 85.1 Å². The van der Waals surface area contributed by atoms with E-state index in [1.165, 1.54) is 205 Å². The Kier molecular flexibility index (Phi) is 63.7. The van der Waals surface area contributed by atoms with Crippen molar-refractivity contribution in [3.05, 3.63) is 85.1 Å². The number of hydrogen-bond acceptors (Lipinski definition) is 8. The second-order valence-electron chi connectivity index (χ2n) is 25.2. The summed E-state index contributed by atoms with van der Waals surface area (Å²) in [6.45, 7) is 4.68. The van der Waals surface area contributed by atoms with Gasteiger partial charge < -0.3 is 33.3 Å². The van der Waals surface area contributed by atoms with Crippen LogP contribution in [0.5, 0.6) is 0 Å². The minimum atomic E-state index is -1.62. The second kappa shape index (κ2) is 66.4. The van der Waals surface area contributed by atoms with E-state index in [1.54, 1.807) is 0 Å². The Morgan fingerprint density at radius 2 is 0.671 bits per heavy atom. The number of ether oxygens (including phenoxy) is 4. The average Bonchev–Trinajstić information content (AvgIpc) is 3.48. The van der Waals surface area contributed by atoms with Gasteiger partial charge >= 0.3 is 11.9 Å². The Morgan fingerprint density at radius 1 is 0.365 bits per heavy atom. The van der Waals surface area contributed by atoms with E-state index >= 15 is 0 Å². The summed E-state index contributed by atoms with van der Waals surface area (Å²) in [4.78, 5) is 37.5. The van der Waals surface area contributed by atoms with Crippen molar-refractivity contribution >= 4 is 17.9 Å². The fraction of sp³-hybridized carbons (Fsp3) is 0.776. The molecule has 0 aromatic heterocycles. The van der Waals surface area contributed by atoms with Crippen LogP contribution in [0.2, 0.25) is 0 Å². The molecular formula is C76H135NO8. The summed E-state index contributed by atoms with van der Waals surface area (Å²) >= 11 is 0. The fourth-order valence-corrected chi connectivity index (χ4v) is 10.2. The quantitative estimate of drug-likeness (QED) is 0.0195. The fourth-order valence-electron chi connectivity index (χ4n) is 10.2. The van der Waals surface area contributed by atoms with Gasteiger partial charge in [-0.05, 0) is 70.6 Å². The molecule has 9 heteroatoms. The molecule has 0 saturated heterocycles. The third-order valence-electron chi connectivity index (χ3n) is 15.7. The van der Waals surface area contributed by atoms with Gasteiger partial charge in [-0.15, -0.1) is 0 Å². The number of likely N-dealkylation sites (N-methyl/N-ethyl adjacent to an activating group) is 1. The Hall–Kier alpha value is -3.53. The predicted octanol–water partition coefficient (Wildman–Crippen LogP) is 20.9. The molecule has 0 aliphatic carbocycles. The Balaban J connectivity index is 4.07. The zero-order valence-corrected chi connectivity index (χ0v) is 56.2. The van der Waals surface area contributed by atoms with Crippen molar-refractivity contribution in [3.8, 4) is 0 Å². The third-order valence-corrected chi connectivity index (χ3v) is 15.7. The first-order chi connectivity index (χ1) is 41.6. The highest BCUT2D eigenvalue weighted by Gasteiger charge is 2.22. The number of allylic oxidation sites excluding steroid dienone is 14. The summed E-state index contributed by atoms with van der Waals surface area (Å²) in [5, 5.41) is 11.8. The van der Waals surface area contributed by atoms with Crippen LogP contribution in [0.25, 0.3) is 0 Å². The molecule has 0 aromatic carbocycles. The van der Waals surface area contributed by atoms with Gasteiger partial charge in [0.05, 0.1) is 40.3 Å². The molecule has 9 nitrogen and oxygen atoms in total. The number of unbranched alkanes of at least 4 members (excludes halogenated alkanes) is 37. The lowest BCUT2D eigenvalue weighted by atomic mass is 10.0. The maximum absolute atomic E-state index is 12.9. The minimum absolute atomic E-state index is 0.148. The number of aliphatic carboxylic acids is 1. The molecule has 0 aromatic rings. The SMILES string of the molecule is CC/C=C\C/C=C\C/C=C\C/C=C\C/C=C\C/C=C\C/C=C\CCCCCCCCCCCCCCCCCC(=O)OC(COC(=O)CCCCCCCCCCCCCCCCCCCCCCCCC)COC(OCC[N+](C)(C)C)C(=O)[O-]. The molecule has 0 aliphatic heterocycles. The average molecular weight is 1190 g/mol. The molecule has 0 fully saturated rings. The maximum Gasteiger partial charge on any atom is 0.306 e. The minimum Gasteiger partial charge on any atom is -0.545 e. The monoisotopic (exact) mass is 1190 g/mol. The first-order valence-electron chi connectivity index (χ1n) is 35.7. The van der Waals surface area contributed by atoms with Crippen molar-refractivity contribution in [3.63, 3.8) is 0 Å². The van der Waals surface area contributed by atoms with Crippen molar-refractivity contribution in [2.45, 2.75) is 334 Å². The first kappa shape index (κ1) is 81.5. The first-order valence-corrected chi connectivity index (χ1v) is 35.7. The molecule has 2 unspecified atom stereocenters. The zero-order valence-electron chi connectivity index (χ0n) is 56.2. The summed E-state index contributed by atoms with van der Waals surface area (Å²) in [5.41, 5.74) is 0. The summed E-state index contributed by atoms with van der Waals surface area (Å²) in [5.74, 6) is -2.26. The highest BCUT2D eigenvalue weighted by molar-refractivity contribution is 5.70. The molecule has 0 radical (unpaired) electrons. The number of carboxylic acid groups (broad SMARTS) is 1. The standard InChI is InChI=1S/C76H135NO8/c1-6-8-10-12-14-16-18-20-22-24-26-28-30-31-32-33-34-35-36-37-38-39-40-41-42-43-45-47-49-51-53-55-57-59-61-63-65-67-74(79)85-72(71-84-76(75(80)81)82-69-68-77(3,4)5)70-83-73(78)66-64-62-60-58-56-54-52-50-48-46-44-29-27-25-23-21-19-17-15-13-11-9-7-2/h8,10,14,16,20,22,26,28,31-32,34-35,37-38,72,76H,6-7,9,11-13,15,17-19,21,23-25,27,29-30,33,36,39-71H2,1-5H3/b10-8-,16-14-,22-20-,28-26-,32-31-,35-34-,38-37-. The number of quaternary nitrogens is 1. The second-order valence-corrected chi connectivity index (χ2v) is 25.2. The van der Waals surface area contributed by atoms with Crippen LogP contribution >= 0.6 is 0 Å². The molecular weight excluding hydrogens is 1050 g/mol. The summed E-state index contributed by atoms with van der Waals surface area (Å²) < 4.78 is 22.8. The normalized spacial score (nSPS) is 13.2. The molecule has 0 bridgehead atoms. The van der Waals surface area contributed by atoms with Crippen molar-refractivity contribution < 1.29 is 42.9 Å². The number of hydrogen-bond donors (Lipinski definition) is 0. The lowest BCUT2D eigenvalue weighted by Gasteiger charge is -2.26. The van der Waals surface area contributed by atoms with Crippen LogP contribution in [0.3, 0.4) is 0 Å². The molecule has 0 spiro atoms. The van der Waals surface area contributed by atoms with E-state index in [2.05, 4.69) is 98.9 Å². The molecule has 0 saturated carbocycles. The predicted molar refractivity (Wildman–Crippen MR) is 361 cm³/mol. The van der Waals surface area contributed by atoms with Crippen LogP contribution in [0.4, 0.5) is 0 Å². The number of nitrogens with zero attached hydrogens (tertiary/aromatic N) is 1. The molecule has 0 N–H and O–H groups in total. The van der Waals surface area contributed by atoms with E-state index in [-0.39, 0.29) is 32.2 Å². The van der Waals surface area contributed by atoms with Gasteiger partial charge in [0.25, 0.3) is 0 Å². The van der Waals surface area contributed by atoms with Gasteiger partial charge in [0.1, 0.15) is 13.2 Å². The summed E-state index contributed by atoms with van der Waals surface area (Å²) in [7, 11) is 5.94. The molecule has 0 heterocycles. The van der Waals surface area contributed by atoms with E-state index in [9.17, 15) is 19.5 Å². The number of carboxylic acids is 1. The smallest absolute Gasteiger partial charge is 0.306 e. The maximum atomic E-state index is 12.9. The van der Waals surface area contributed by atoms with Crippen LogP contribution in [0, 0.1) is 0 Å². The van der Waals surface area contributed by atoms with Crippen molar-refractivity contribution in [1.29, 1.82) is 0 Å². The third kappa shape index (κ3) is 67.8. The van der Waals surface area contributed by atoms with E-state index < -0.39 is 24.3 Å². The molecule has 2 atom stereocenters. The summed E-state index contributed by atoms with van der Waals surface area (Å²) in [6.07, 6.45) is 86.7. The van der Waals surface area contributed by atoms with Gasteiger partial charge in [-0.2, -0.15) is 0 Å². The highest BCUT2D eigenvalue weighted by atomic mass is 16.7. The highest BCUT2D eigenvalue weighted by Crippen LogP contribution is 2.18. The van der Waals surface area contributed by atoms with Crippen LogP contribution in [-0.2, 0) is 33.3 Å². The van der Waals surface area contributed by atoms with Crippen molar-refractivity contribution in [2.75, 3.05) is 47.5 Å². The summed E-state index contributed by atoms with van der Waals surface area (Å²) in [6, 6.07) is 0. The van der Waals surface area contributed by atoms with Gasteiger partial charge in [-0.1, -0.05) is 324 Å². The van der Waals surface area contributed by atoms with Crippen LogP contribution in [-0.4, -0.2) is 82.3 Å². The molecule has 0 aliphatic rings. The van der Waals surface area contributed by atoms with Gasteiger partial charge in [-0.25, -0.2) is 0 Å². The Bertz CT molecular complexity index is 1670. The Labute approximate surface area is 525 Å². The molecule has 0 amide bonds. The number of carbonyl (C=O) groups is 3. The van der Waals surface area contributed by atoms with Crippen LogP contribution in [0.1, 0.15) is 322 Å². The van der Waals surface area contributed by atoms with Gasteiger partial charge in [0.2, 0.25) is 0 Å². The number of esters is 2. The molecule has 85 heavy (non-hydrogen) atoms. The van der Waals surface area contributed by atoms with Crippen molar-refractivity contribution in [2.24, 2.45) is 0 Å². The number of carbonyl (C=O) groups excluding carboxylic acids is 3. The van der Waals surface area contributed by atoms with E-state index in [4.69, 9.17) is 18.9 Å². The topological polar surface area (TPSA) is 111 Å². The largest absolute Gasteiger partial charge is 0.545 e. The van der Waals surface area contributed by atoms with Crippen LogP contribution < -0.4 is 5.11 Å². The van der Waals surface area contributed by atoms with E-state index in [0.717, 1.165) is 83.5 Å². The van der Waals surface area contributed by atoms with Gasteiger partial charge in [-0.3, -0.25) is 9.59 Å². The van der Waals surface area contributed by atoms with E-state index in [0.29, 0.717) is 23.9 Å². The lowest BCUT2D eigenvalue weighted by Crippen LogP contribution is -2.44. The van der Waals surface area contributed by atoms with Gasteiger partial charge in [0, 0.05) is 12.8 Å². The van der Waals surface area contributed by atoms with Crippen molar-refractivity contribution in [1.82, 2.24) is 0 Å². The zero-order chi connectivity index (χ0) is 61.9. The Morgan fingerprint density at radius 3 is 1.00 bits per heavy atom. The van der Waals surface area contributed by atoms with Gasteiger partial charge in [0.15, 0.2) is 12.4 Å².